The number of rotatable bonds is 3. The highest BCUT2D eigenvalue weighted by molar-refractivity contribution is 6.10. The zero-order chi connectivity index (χ0) is 29.4. The van der Waals surface area contributed by atoms with Crippen molar-refractivity contribution < 1.29 is 4.74 Å². The number of hydrogen-bond donors (Lipinski definition) is 0. The van der Waals surface area contributed by atoms with E-state index in [9.17, 15) is 0 Å². The molecule has 0 radical (unpaired) electrons. The Balaban J connectivity index is 1.26. The summed E-state index contributed by atoms with van der Waals surface area (Å²) in [5.41, 5.74) is 15.1. The van der Waals surface area contributed by atoms with Crippen molar-refractivity contribution in [2.24, 2.45) is 0 Å². The van der Waals surface area contributed by atoms with Gasteiger partial charge in [0.15, 0.2) is 0 Å². The maximum Gasteiger partial charge on any atom is 0.135 e. The summed E-state index contributed by atoms with van der Waals surface area (Å²) >= 11 is 0. The first-order valence-corrected chi connectivity index (χ1v) is 15.3. The Kier molecular flexibility index (Phi) is 5.31. The summed E-state index contributed by atoms with van der Waals surface area (Å²) in [7, 11) is 0. The fourth-order valence-corrected chi connectivity index (χ4v) is 7.46. The van der Waals surface area contributed by atoms with Gasteiger partial charge in [-0.05, 0) is 103 Å². The van der Waals surface area contributed by atoms with Gasteiger partial charge in [-0.3, -0.25) is 0 Å². The van der Waals surface area contributed by atoms with Crippen LogP contribution in [0.3, 0.4) is 0 Å². The van der Waals surface area contributed by atoms with Crippen LogP contribution in [-0.2, 0) is 5.41 Å². The number of fused-ring (bicyclic) bond motifs is 5. The molecule has 1 aliphatic heterocycles. The SMILES string of the molecule is CC1(C)c2ccccc2-c2ccc(-c3cc(-c4ccccc4)cc(-c4ccc5c6c(cccc46)-c4ccccc4O5)c3)cc21. The quantitative estimate of drug-likeness (QED) is 0.208. The first kappa shape index (κ1) is 25.1. The Hall–Kier alpha value is -5.40. The van der Waals surface area contributed by atoms with E-state index >= 15 is 0 Å². The van der Waals surface area contributed by atoms with Crippen molar-refractivity contribution in [2.75, 3.05) is 0 Å². The minimum atomic E-state index is -0.0473. The largest absolute Gasteiger partial charge is 0.456 e. The Morgan fingerprint density at radius 2 is 1.05 bits per heavy atom. The van der Waals surface area contributed by atoms with Crippen molar-refractivity contribution in [1.29, 1.82) is 0 Å². The fraction of sp³-hybridized carbons (Fsp3) is 0.0698. The Bertz CT molecular complexity index is 2270. The zero-order valence-electron chi connectivity index (χ0n) is 24.8. The smallest absolute Gasteiger partial charge is 0.135 e. The Morgan fingerprint density at radius 3 is 1.91 bits per heavy atom. The first-order chi connectivity index (χ1) is 21.6. The third-order valence-electron chi connectivity index (χ3n) is 9.67. The average molecular weight is 563 g/mol. The van der Waals surface area contributed by atoms with Gasteiger partial charge in [0.2, 0.25) is 0 Å². The van der Waals surface area contributed by atoms with Gasteiger partial charge in [0, 0.05) is 16.4 Å². The molecule has 0 N–H and O–H groups in total. The van der Waals surface area contributed by atoms with Crippen LogP contribution in [-0.4, -0.2) is 0 Å². The molecule has 2 aliphatic rings. The zero-order valence-corrected chi connectivity index (χ0v) is 24.8. The van der Waals surface area contributed by atoms with E-state index in [2.05, 4.69) is 153 Å². The second kappa shape index (κ2) is 9.30. The highest BCUT2D eigenvalue weighted by Crippen LogP contribution is 2.51. The van der Waals surface area contributed by atoms with Crippen molar-refractivity contribution in [3.8, 4) is 67.1 Å². The van der Waals surface area contributed by atoms with Crippen LogP contribution in [0.25, 0.3) is 66.4 Å². The van der Waals surface area contributed by atoms with Gasteiger partial charge in [-0.2, -0.15) is 0 Å². The van der Waals surface area contributed by atoms with Gasteiger partial charge < -0.3 is 4.74 Å². The van der Waals surface area contributed by atoms with Crippen molar-refractivity contribution >= 4 is 10.8 Å². The summed E-state index contributed by atoms with van der Waals surface area (Å²) in [6, 6.07) is 53.0. The predicted molar refractivity (Wildman–Crippen MR) is 183 cm³/mol. The molecule has 0 spiro atoms. The van der Waals surface area contributed by atoms with E-state index in [1.54, 1.807) is 0 Å². The van der Waals surface area contributed by atoms with E-state index in [-0.39, 0.29) is 5.41 Å². The van der Waals surface area contributed by atoms with E-state index < -0.39 is 0 Å². The molecular formula is C43H30O. The molecule has 7 aromatic rings. The van der Waals surface area contributed by atoms with Crippen LogP contribution < -0.4 is 4.74 Å². The van der Waals surface area contributed by atoms with Gasteiger partial charge in [-0.25, -0.2) is 0 Å². The lowest BCUT2D eigenvalue weighted by Crippen LogP contribution is -2.14. The monoisotopic (exact) mass is 562 g/mol. The van der Waals surface area contributed by atoms with Crippen LogP contribution in [0.2, 0.25) is 0 Å². The molecule has 1 nitrogen and oxygen atoms in total. The highest BCUT2D eigenvalue weighted by atomic mass is 16.5. The minimum absolute atomic E-state index is 0.0473. The van der Waals surface area contributed by atoms with Crippen LogP contribution in [0.5, 0.6) is 11.5 Å². The summed E-state index contributed by atoms with van der Waals surface area (Å²) in [6.45, 7) is 4.70. The molecule has 0 saturated carbocycles. The fourth-order valence-electron chi connectivity index (χ4n) is 7.46. The second-order valence-corrected chi connectivity index (χ2v) is 12.5. The van der Waals surface area contributed by atoms with E-state index in [4.69, 9.17) is 4.74 Å². The number of ether oxygens (including phenoxy) is 1. The van der Waals surface area contributed by atoms with Gasteiger partial charge in [-0.1, -0.05) is 123 Å². The molecular weight excluding hydrogens is 532 g/mol. The summed E-state index contributed by atoms with van der Waals surface area (Å²) in [6.07, 6.45) is 0. The normalized spacial score (nSPS) is 13.6. The topological polar surface area (TPSA) is 9.23 Å². The molecule has 44 heavy (non-hydrogen) atoms. The van der Waals surface area contributed by atoms with E-state index in [0.29, 0.717) is 0 Å². The third-order valence-corrected chi connectivity index (χ3v) is 9.67. The molecule has 1 aliphatic carbocycles. The van der Waals surface area contributed by atoms with Crippen molar-refractivity contribution in [2.45, 2.75) is 19.3 Å². The van der Waals surface area contributed by atoms with Gasteiger partial charge in [0.25, 0.3) is 0 Å². The highest BCUT2D eigenvalue weighted by Gasteiger charge is 2.35. The predicted octanol–water partition coefficient (Wildman–Crippen LogP) is 11.9. The third kappa shape index (κ3) is 3.66. The molecule has 1 heteroatoms. The maximum atomic E-state index is 6.42. The molecule has 0 saturated heterocycles. The molecule has 0 aromatic heterocycles. The van der Waals surface area contributed by atoms with E-state index in [1.165, 1.54) is 72.0 Å². The van der Waals surface area contributed by atoms with Crippen LogP contribution in [0, 0.1) is 0 Å². The number of benzene rings is 7. The van der Waals surface area contributed by atoms with Crippen LogP contribution in [0.4, 0.5) is 0 Å². The first-order valence-electron chi connectivity index (χ1n) is 15.3. The van der Waals surface area contributed by atoms with Gasteiger partial charge in [0.05, 0.1) is 0 Å². The lowest BCUT2D eigenvalue weighted by molar-refractivity contribution is 0.487. The van der Waals surface area contributed by atoms with Gasteiger partial charge in [0.1, 0.15) is 11.5 Å². The van der Waals surface area contributed by atoms with Gasteiger partial charge >= 0.3 is 0 Å². The maximum absolute atomic E-state index is 6.42. The molecule has 208 valence electrons. The molecule has 0 amide bonds. The summed E-state index contributed by atoms with van der Waals surface area (Å²) in [5.74, 6) is 1.83. The summed E-state index contributed by atoms with van der Waals surface area (Å²) < 4.78 is 6.42. The Labute approximate surface area is 258 Å². The summed E-state index contributed by atoms with van der Waals surface area (Å²) in [5, 5.41) is 2.38. The molecule has 1 heterocycles. The average Bonchev–Trinajstić information content (AvgIpc) is 3.31. The van der Waals surface area contributed by atoms with Crippen LogP contribution in [0.15, 0.2) is 146 Å². The minimum Gasteiger partial charge on any atom is -0.456 e. The van der Waals surface area contributed by atoms with Crippen molar-refractivity contribution in [1.82, 2.24) is 0 Å². The van der Waals surface area contributed by atoms with E-state index in [1.807, 2.05) is 6.07 Å². The summed E-state index contributed by atoms with van der Waals surface area (Å²) in [4.78, 5) is 0. The van der Waals surface area contributed by atoms with Crippen molar-refractivity contribution in [3.05, 3.63) is 157 Å². The molecule has 0 unspecified atom stereocenters. The molecule has 0 bridgehead atoms. The molecule has 7 aromatic carbocycles. The molecule has 0 fully saturated rings. The lowest BCUT2D eigenvalue weighted by Gasteiger charge is -2.23. The second-order valence-electron chi connectivity index (χ2n) is 12.5. The van der Waals surface area contributed by atoms with E-state index in [0.717, 1.165) is 17.1 Å². The molecule has 0 atom stereocenters. The molecule has 9 rings (SSSR count). The van der Waals surface area contributed by atoms with Crippen LogP contribution >= 0.6 is 0 Å². The number of para-hydroxylation sites is 1. The Morgan fingerprint density at radius 1 is 0.386 bits per heavy atom. The lowest BCUT2D eigenvalue weighted by atomic mass is 9.81. The standard InChI is InChI=1S/C43H30O/c1-43(2)38-17-8-6-13-33(38)34-20-19-28(26-39(34)43)30-23-29(27-11-4-3-5-12-27)24-31(25-30)32-21-22-41-42-36(32)15-10-16-37(42)35-14-7-9-18-40(35)44-41/h3-26H,1-2H3. The van der Waals surface area contributed by atoms with Crippen molar-refractivity contribution in [3.63, 3.8) is 0 Å². The number of hydrogen-bond acceptors (Lipinski definition) is 1. The van der Waals surface area contributed by atoms with Crippen LogP contribution in [0.1, 0.15) is 25.0 Å². The van der Waals surface area contributed by atoms with Gasteiger partial charge in [-0.15, -0.1) is 0 Å².